The van der Waals surface area contributed by atoms with Crippen molar-refractivity contribution in [3.63, 3.8) is 0 Å². The van der Waals surface area contributed by atoms with Gasteiger partial charge in [0.2, 0.25) is 5.91 Å². The minimum atomic E-state index is 0.275. The molecule has 2 aliphatic rings. The topological polar surface area (TPSA) is 52.2 Å². The van der Waals surface area contributed by atoms with Crippen LogP contribution in [0.3, 0.4) is 0 Å². The third-order valence-corrected chi connectivity index (χ3v) is 2.97. The lowest BCUT2D eigenvalue weighted by Crippen LogP contribution is -2.29. The summed E-state index contributed by atoms with van der Waals surface area (Å²) in [6.45, 7) is 2.12. The number of aromatic amines is 1. The van der Waals surface area contributed by atoms with E-state index in [2.05, 4.69) is 15.1 Å². The van der Waals surface area contributed by atoms with Crippen molar-refractivity contribution < 1.29 is 4.79 Å². The van der Waals surface area contributed by atoms with Crippen LogP contribution in [0.4, 0.5) is 0 Å². The summed E-state index contributed by atoms with van der Waals surface area (Å²) >= 11 is 0. The molecule has 0 aromatic carbocycles. The molecule has 1 saturated carbocycles. The Kier molecular flexibility index (Phi) is 1.98. The number of hydrogen-bond acceptors (Lipinski definition) is 3. The van der Waals surface area contributed by atoms with E-state index in [0.29, 0.717) is 12.6 Å². The lowest BCUT2D eigenvalue weighted by Gasteiger charge is -2.16. The number of H-pyrrole nitrogens is 1. The number of nitrogens with one attached hydrogen (secondary N) is 1. The zero-order chi connectivity index (χ0) is 10.3. The Hall–Kier alpha value is -1.36. The van der Waals surface area contributed by atoms with Gasteiger partial charge >= 0.3 is 0 Å². The normalized spacial score (nSPS) is 22.7. The van der Waals surface area contributed by atoms with Crippen LogP contribution < -0.4 is 0 Å². The molecule has 80 valence electrons. The van der Waals surface area contributed by atoms with Crippen molar-refractivity contribution in [3.05, 3.63) is 18.0 Å². The van der Waals surface area contributed by atoms with Crippen molar-refractivity contribution in [1.82, 2.24) is 20.0 Å². The highest BCUT2D eigenvalue weighted by Crippen LogP contribution is 2.29. The number of hydrogen-bond donors (Lipinski definition) is 1. The maximum absolute atomic E-state index is 11.7. The monoisotopic (exact) mass is 206 g/mol. The summed E-state index contributed by atoms with van der Waals surface area (Å²) in [5, 5.41) is 6.82. The Morgan fingerprint density at radius 2 is 2.40 bits per heavy atom. The Labute approximate surface area is 88.1 Å². The third kappa shape index (κ3) is 1.74. The van der Waals surface area contributed by atoms with E-state index in [4.69, 9.17) is 0 Å². The van der Waals surface area contributed by atoms with Crippen molar-refractivity contribution in [2.75, 3.05) is 13.2 Å². The molecule has 0 bridgehead atoms. The Balaban J connectivity index is 1.62. The molecule has 5 heteroatoms. The Morgan fingerprint density at radius 1 is 1.53 bits per heavy atom. The van der Waals surface area contributed by atoms with Crippen molar-refractivity contribution >= 4 is 5.91 Å². The molecule has 1 saturated heterocycles. The lowest BCUT2D eigenvalue weighted by molar-refractivity contribution is -0.127. The fraction of sp³-hybridized carbons (Fsp3) is 0.600. The number of nitrogens with zero attached hydrogens (tertiary/aromatic N) is 3. The van der Waals surface area contributed by atoms with Gasteiger partial charge < -0.3 is 4.90 Å². The molecule has 1 aliphatic heterocycles. The molecule has 2 heterocycles. The smallest absolute Gasteiger partial charge is 0.238 e. The number of rotatable bonds is 3. The Bertz CT molecular complexity index is 358. The van der Waals surface area contributed by atoms with E-state index >= 15 is 0 Å². The van der Waals surface area contributed by atoms with Crippen molar-refractivity contribution in [2.45, 2.75) is 25.4 Å². The van der Waals surface area contributed by atoms with Crippen LogP contribution in [-0.4, -0.2) is 45.2 Å². The van der Waals surface area contributed by atoms with Crippen LogP contribution in [0.1, 0.15) is 18.5 Å². The highest BCUT2D eigenvalue weighted by molar-refractivity contribution is 5.80. The fourth-order valence-electron chi connectivity index (χ4n) is 2.05. The average Bonchev–Trinajstić information content (AvgIpc) is 2.81. The summed E-state index contributed by atoms with van der Waals surface area (Å²) in [4.78, 5) is 15.8. The number of carbonyl (C=O) groups is 1. The van der Waals surface area contributed by atoms with Gasteiger partial charge in [-0.25, -0.2) is 0 Å². The molecular weight excluding hydrogens is 192 g/mol. The summed E-state index contributed by atoms with van der Waals surface area (Å²) in [6, 6.07) is 2.48. The van der Waals surface area contributed by atoms with E-state index < -0.39 is 0 Å². The molecule has 3 rings (SSSR count). The number of carbonyl (C=O) groups excluding carboxylic acids is 1. The van der Waals surface area contributed by atoms with Crippen molar-refractivity contribution in [1.29, 1.82) is 0 Å². The zero-order valence-corrected chi connectivity index (χ0v) is 8.52. The highest BCUT2D eigenvalue weighted by atomic mass is 16.2. The summed E-state index contributed by atoms with van der Waals surface area (Å²) < 4.78 is 0. The van der Waals surface area contributed by atoms with Crippen LogP contribution >= 0.6 is 0 Å². The van der Waals surface area contributed by atoms with Gasteiger partial charge in [0, 0.05) is 24.5 Å². The van der Waals surface area contributed by atoms with Gasteiger partial charge in [-0.05, 0) is 18.9 Å². The molecule has 1 aliphatic carbocycles. The van der Waals surface area contributed by atoms with E-state index in [1.807, 2.05) is 11.0 Å². The predicted octanol–water partition coefficient (Wildman–Crippen LogP) is 0.174. The van der Waals surface area contributed by atoms with Gasteiger partial charge in [0.05, 0.1) is 13.2 Å². The molecule has 1 aromatic heterocycles. The molecule has 1 amide bonds. The summed E-state index contributed by atoms with van der Waals surface area (Å²) in [5.41, 5.74) is 1.07. The Morgan fingerprint density at radius 3 is 3.07 bits per heavy atom. The van der Waals surface area contributed by atoms with E-state index in [1.54, 1.807) is 6.20 Å². The van der Waals surface area contributed by atoms with Crippen LogP contribution in [0.25, 0.3) is 0 Å². The van der Waals surface area contributed by atoms with Gasteiger partial charge in [0.25, 0.3) is 0 Å². The van der Waals surface area contributed by atoms with Crippen LogP contribution in [-0.2, 0) is 11.3 Å². The van der Waals surface area contributed by atoms with Gasteiger partial charge in [-0.2, -0.15) is 5.10 Å². The second kappa shape index (κ2) is 3.34. The quantitative estimate of drug-likeness (QED) is 0.767. The fourth-order valence-corrected chi connectivity index (χ4v) is 2.05. The van der Waals surface area contributed by atoms with Crippen molar-refractivity contribution in [2.24, 2.45) is 0 Å². The first kappa shape index (κ1) is 8.91. The molecule has 0 radical (unpaired) electrons. The molecule has 0 unspecified atom stereocenters. The third-order valence-electron chi connectivity index (χ3n) is 2.97. The maximum atomic E-state index is 11.7. The molecule has 1 aromatic rings. The SMILES string of the molecule is O=C1CN(Cc2ccn[nH]2)CN1C1CC1. The van der Waals surface area contributed by atoms with Gasteiger partial charge in [-0.15, -0.1) is 0 Å². The number of amides is 1. The lowest BCUT2D eigenvalue weighted by atomic mass is 10.4. The summed E-state index contributed by atoms with van der Waals surface area (Å²) in [5.74, 6) is 0.275. The summed E-state index contributed by atoms with van der Waals surface area (Å²) in [6.07, 6.45) is 4.11. The second-order valence-corrected chi connectivity index (χ2v) is 4.31. The molecule has 2 fully saturated rings. The standard InChI is InChI=1S/C10H14N4O/c15-10-6-13(5-8-3-4-11-12-8)7-14(10)9-1-2-9/h3-4,9H,1-2,5-7H2,(H,11,12). The molecule has 0 atom stereocenters. The first-order valence-electron chi connectivity index (χ1n) is 5.33. The highest BCUT2D eigenvalue weighted by Gasteiger charge is 2.38. The molecule has 5 nitrogen and oxygen atoms in total. The van der Waals surface area contributed by atoms with Gasteiger partial charge in [-0.3, -0.25) is 14.8 Å². The van der Waals surface area contributed by atoms with Crippen molar-refractivity contribution in [3.8, 4) is 0 Å². The first-order valence-corrected chi connectivity index (χ1v) is 5.33. The van der Waals surface area contributed by atoms with Gasteiger partial charge in [0.1, 0.15) is 0 Å². The van der Waals surface area contributed by atoms with E-state index in [9.17, 15) is 4.79 Å². The molecular formula is C10H14N4O. The largest absolute Gasteiger partial charge is 0.326 e. The van der Waals surface area contributed by atoms with Crippen LogP contribution in [0.2, 0.25) is 0 Å². The minimum Gasteiger partial charge on any atom is -0.326 e. The maximum Gasteiger partial charge on any atom is 0.238 e. The molecule has 15 heavy (non-hydrogen) atoms. The average molecular weight is 206 g/mol. The van der Waals surface area contributed by atoms with Gasteiger partial charge in [0.15, 0.2) is 0 Å². The van der Waals surface area contributed by atoms with Crippen LogP contribution in [0.5, 0.6) is 0 Å². The molecule has 0 spiro atoms. The predicted molar refractivity (Wildman–Crippen MR) is 53.7 cm³/mol. The van der Waals surface area contributed by atoms with E-state index in [1.165, 1.54) is 12.8 Å². The zero-order valence-electron chi connectivity index (χ0n) is 8.52. The minimum absolute atomic E-state index is 0.275. The summed E-state index contributed by atoms with van der Waals surface area (Å²) in [7, 11) is 0. The van der Waals surface area contributed by atoms with Gasteiger partial charge in [-0.1, -0.05) is 0 Å². The van der Waals surface area contributed by atoms with Crippen LogP contribution in [0.15, 0.2) is 12.3 Å². The first-order chi connectivity index (χ1) is 7.33. The van der Waals surface area contributed by atoms with E-state index in [-0.39, 0.29) is 5.91 Å². The number of aromatic nitrogens is 2. The van der Waals surface area contributed by atoms with Crippen LogP contribution in [0, 0.1) is 0 Å². The molecule has 1 N–H and O–H groups in total. The second-order valence-electron chi connectivity index (χ2n) is 4.31. The van der Waals surface area contributed by atoms with E-state index in [0.717, 1.165) is 18.9 Å².